The molecular formula is C27H27BrN4O2. The van der Waals surface area contributed by atoms with E-state index in [4.69, 9.17) is 0 Å². The Labute approximate surface area is 207 Å². The molecule has 1 saturated heterocycles. The molecule has 2 aliphatic rings. The number of hydrogen-bond acceptors (Lipinski definition) is 3. The zero-order valence-electron chi connectivity index (χ0n) is 19.4. The first kappa shape index (κ1) is 22.6. The van der Waals surface area contributed by atoms with Gasteiger partial charge in [0.05, 0.1) is 11.1 Å². The van der Waals surface area contributed by atoms with Gasteiger partial charge in [-0.15, -0.1) is 0 Å². The molecule has 3 N–H and O–H groups in total. The van der Waals surface area contributed by atoms with Crippen LogP contribution in [0.5, 0.6) is 0 Å². The fourth-order valence-electron chi connectivity index (χ4n) is 4.95. The number of aromatic amines is 1. The number of H-pyrrole nitrogens is 1. The maximum absolute atomic E-state index is 13.3. The molecule has 5 rings (SSSR count). The SMILES string of the molecule is Cc1c(C(=O)N2C[C@H](C)N[C@@H](C)C2)c[nH]c1/C=C1\C(=O)Nc2cccc(-c3ccc(Br)cc3)c21. The van der Waals surface area contributed by atoms with Gasteiger partial charge in [-0.25, -0.2) is 0 Å². The fraction of sp³-hybridized carbons (Fsp3) is 0.259. The molecule has 34 heavy (non-hydrogen) atoms. The van der Waals surface area contributed by atoms with E-state index in [0.717, 1.165) is 38.1 Å². The Morgan fingerprint density at radius 2 is 1.79 bits per heavy atom. The molecule has 174 valence electrons. The van der Waals surface area contributed by atoms with Crippen molar-refractivity contribution in [2.24, 2.45) is 0 Å². The van der Waals surface area contributed by atoms with Gasteiger partial charge in [-0.1, -0.05) is 40.2 Å². The average molecular weight is 519 g/mol. The first-order chi connectivity index (χ1) is 16.3. The number of nitrogens with zero attached hydrogens (tertiary/aromatic N) is 1. The summed E-state index contributed by atoms with van der Waals surface area (Å²) in [6, 6.07) is 14.5. The maximum atomic E-state index is 13.3. The Bertz CT molecular complexity index is 1300. The highest BCUT2D eigenvalue weighted by molar-refractivity contribution is 9.10. The first-order valence-electron chi connectivity index (χ1n) is 11.5. The molecule has 2 amide bonds. The van der Waals surface area contributed by atoms with Gasteiger partial charge in [0.1, 0.15) is 0 Å². The number of rotatable bonds is 3. The van der Waals surface area contributed by atoms with Crippen molar-refractivity contribution < 1.29 is 9.59 Å². The van der Waals surface area contributed by atoms with Gasteiger partial charge in [-0.3, -0.25) is 9.59 Å². The lowest BCUT2D eigenvalue weighted by Crippen LogP contribution is -2.55. The number of carbonyl (C=O) groups is 2. The smallest absolute Gasteiger partial charge is 0.256 e. The van der Waals surface area contributed by atoms with E-state index in [-0.39, 0.29) is 23.9 Å². The molecule has 2 aromatic carbocycles. The number of carbonyl (C=O) groups excluding carboxylic acids is 2. The van der Waals surface area contributed by atoms with Gasteiger partial charge in [0.25, 0.3) is 11.8 Å². The molecule has 0 spiro atoms. The number of piperazine rings is 1. The van der Waals surface area contributed by atoms with E-state index >= 15 is 0 Å². The average Bonchev–Trinajstić information content (AvgIpc) is 3.32. The minimum absolute atomic E-state index is 0.0189. The number of anilines is 1. The first-order valence-corrected chi connectivity index (χ1v) is 12.3. The third-order valence-corrected chi connectivity index (χ3v) is 7.05. The quantitative estimate of drug-likeness (QED) is 0.423. The standard InChI is InChI=1S/C27H27BrN4O2/c1-15-13-32(14-16(2)30-15)27(34)22-12-29-24(17(22)3)11-21-25-20(18-7-9-19(28)10-8-18)5-4-6-23(25)31-26(21)33/h4-12,15-16,29-30H,13-14H2,1-3H3,(H,31,33)/b21-11-/t15-,16-/m0/s1. The van der Waals surface area contributed by atoms with Crippen molar-refractivity contribution >= 4 is 45.1 Å². The van der Waals surface area contributed by atoms with Gasteiger partial charge < -0.3 is 20.5 Å². The van der Waals surface area contributed by atoms with Gasteiger partial charge in [0.2, 0.25) is 0 Å². The van der Waals surface area contributed by atoms with E-state index in [1.807, 2.05) is 60.4 Å². The van der Waals surface area contributed by atoms with E-state index in [0.29, 0.717) is 24.2 Å². The number of benzene rings is 2. The molecule has 0 unspecified atom stereocenters. The monoisotopic (exact) mass is 518 g/mol. The van der Waals surface area contributed by atoms with Gasteiger partial charge in [0.15, 0.2) is 0 Å². The molecular weight excluding hydrogens is 492 g/mol. The number of aromatic nitrogens is 1. The van der Waals surface area contributed by atoms with Crippen LogP contribution in [-0.2, 0) is 4.79 Å². The lowest BCUT2D eigenvalue weighted by molar-refractivity contribution is -0.110. The van der Waals surface area contributed by atoms with Crippen molar-refractivity contribution in [3.05, 3.63) is 75.5 Å². The van der Waals surface area contributed by atoms with Crippen LogP contribution in [0.2, 0.25) is 0 Å². The van der Waals surface area contributed by atoms with Crippen LogP contribution in [-0.4, -0.2) is 46.9 Å². The number of hydrogen-bond donors (Lipinski definition) is 3. The van der Waals surface area contributed by atoms with E-state index in [1.54, 1.807) is 6.20 Å². The number of fused-ring (bicyclic) bond motifs is 1. The fourth-order valence-corrected chi connectivity index (χ4v) is 5.21. The van der Waals surface area contributed by atoms with Crippen LogP contribution in [0.1, 0.15) is 41.0 Å². The molecule has 2 atom stereocenters. The second-order valence-electron chi connectivity index (χ2n) is 9.17. The molecule has 7 heteroatoms. The maximum Gasteiger partial charge on any atom is 0.256 e. The van der Waals surface area contributed by atoms with Crippen LogP contribution in [0, 0.1) is 6.92 Å². The molecule has 0 bridgehead atoms. The van der Waals surface area contributed by atoms with E-state index in [9.17, 15) is 9.59 Å². The molecule has 1 aromatic heterocycles. The minimum atomic E-state index is -0.147. The summed E-state index contributed by atoms with van der Waals surface area (Å²) >= 11 is 3.49. The zero-order chi connectivity index (χ0) is 24.0. The van der Waals surface area contributed by atoms with Crippen LogP contribution >= 0.6 is 15.9 Å². The summed E-state index contributed by atoms with van der Waals surface area (Å²) in [5.74, 6) is -0.128. The highest BCUT2D eigenvalue weighted by atomic mass is 79.9. The third kappa shape index (κ3) is 4.10. The molecule has 1 fully saturated rings. The summed E-state index contributed by atoms with van der Waals surface area (Å²) in [5, 5.41) is 6.45. The predicted octanol–water partition coefficient (Wildman–Crippen LogP) is 5.07. The summed E-state index contributed by atoms with van der Waals surface area (Å²) < 4.78 is 1.00. The Morgan fingerprint density at radius 3 is 2.50 bits per heavy atom. The molecule has 6 nitrogen and oxygen atoms in total. The molecule has 0 saturated carbocycles. The summed E-state index contributed by atoms with van der Waals surface area (Å²) in [6.07, 6.45) is 3.62. The molecule has 2 aliphatic heterocycles. The van der Waals surface area contributed by atoms with Gasteiger partial charge in [-0.2, -0.15) is 0 Å². The second kappa shape index (κ2) is 8.89. The predicted molar refractivity (Wildman–Crippen MR) is 140 cm³/mol. The lowest BCUT2D eigenvalue weighted by atomic mass is 9.94. The van der Waals surface area contributed by atoms with Crippen molar-refractivity contribution in [3.63, 3.8) is 0 Å². The summed E-state index contributed by atoms with van der Waals surface area (Å²) in [5.41, 5.74) is 6.53. The van der Waals surface area contributed by atoms with Crippen LogP contribution in [0.3, 0.4) is 0 Å². The highest BCUT2D eigenvalue weighted by Crippen LogP contribution is 2.40. The Hall–Kier alpha value is -3.16. The minimum Gasteiger partial charge on any atom is -0.361 e. The summed E-state index contributed by atoms with van der Waals surface area (Å²) in [4.78, 5) is 31.4. The van der Waals surface area contributed by atoms with E-state index in [1.165, 1.54) is 0 Å². The van der Waals surface area contributed by atoms with Gasteiger partial charge >= 0.3 is 0 Å². The number of amides is 2. The van der Waals surface area contributed by atoms with Crippen LogP contribution in [0.25, 0.3) is 22.8 Å². The summed E-state index contributed by atoms with van der Waals surface area (Å²) in [7, 11) is 0. The number of halogens is 1. The van der Waals surface area contributed by atoms with Crippen LogP contribution in [0.15, 0.2) is 53.1 Å². The zero-order valence-corrected chi connectivity index (χ0v) is 21.0. The molecule has 3 aromatic rings. The molecule has 0 radical (unpaired) electrons. The van der Waals surface area contributed by atoms with E-state index < -0.39 is 0 Å². The lowest BCUT2D eigenvalue weighted by Gasteiger charge is -2.36. The highest BCUT2D eigenvalue weighted by Gasteiger charge is 2.30. The van der Waals surface area contributed by atoms with Crippen LogP contribution < -0.4 is 10.6 Å². The summed E-state index contributed by atoms with van der Waals surface area (Å²) in [6.45, 7) is 7.47. The topological polar surface area (TPSA) is 77.2 Å². The largest absolute Gasteiger partial charge is 0.361 e. The van der Waals surface area contributed by atoms with Crippen molar-refractivity contribution in [2.45, 2.75) is 32.9 Å². The van der Waals surface area contributed by atoms with Crippen molar-refractivity contribution in [2.75, 3.05) is 18.4 Å². The Kier molecular flexibility index (Phi) is 5.91. The van der Waals surface area contributed by atoms with Crippen molar-refractivity contribution in [1.29, 1.82) is 0 Å². The Morgan fingerprint density at radius 1 is 1.09 bits per heavy atom. The van der Waals surface area contributed by atoms with Gasteiger partial charge in [0, 0.05) is 52.8 Å². The van der Waals surface area contributed by atoms with Crippen molar-refractivity contribution in [1.82, 2.24) is 15.2 Å². The van der Waals surface area contributed by atoms with Crippen LogP contribution in [0.4, 0.5) is 5.69 Å². The van der Waals surface area contributed by atoms with Crippen molar-refractivity contribution in [3.8, 4) is 11.1 Å². The van der Waals surface area contributed by atoms with Gasteiger partial charge in [-0.05, 0) is 61.7 Å². The van der Waals surface area contributed by atoms with E-state index in [2.05, 4.69) is 45.4 Å². The molecule has 0 aliphatic carbocycles. The normalized spacial score (nSPS) is 21.0. The number of nitrogens with one attached hydrogen (secondary N) is 3. The Balaban J connectivity index is 1.52. The second-order valence-corrected chi connectivity index (χ2v) is 10.1. The molecule has 3 heterocycles. The third-order valence-electron chi connectivity index (χ3n) is 6.53.